The molecule has 0 aliphatic rings. The summed E-state index contributed by atoms with van der Waals surface area (Å²) in [7, 11) is 0. The molecule has 0 aliphatic heterocycles. The summed E-state index contributed by atoms with van der Waals surface area (Å²) in [6.45, 7) is 1.46. The lowest BCUT2D eigenvalue weighted by Crippen LogP contribution is -2.35. The van der Waals surface area contributed by atoms with E-state index < -0.39 is 24.2 Å². The van der Waals surface area contributed by atoms with Gasteiger partial charge in [0.15, 0.2) is 0 Å². The number of hydrogen-bond acceptors (Lipinski definition) is 2. The molecule has 1 aromatic rings. The molecule has 0 spiro atoms. The first-order valence-electron chi connectivity index (χ1n) is 4.91. The number of carbonyl (C=O) groups excluding carboxylic acids is 1. The van der Waals surface area contributed by atoms with E-state index in [2.05, 4.69) is 0 Å². The number of halogens is 2. The van der Waals surface area contributed by atoms with Crippen LogP contribution in [0.4, 0.5) is 4.39 Å². The molecule has 0 saturated heterocycles. The van der Waals surface area contributed by atoms with Crippen LogP contribution in [-0.4, -0.2) is 35.0 Å². The molecule has 0 unspecified atom stereocenters. The van der Waals surface area contributed by atoms with Gasteiger partial charge in [-0.05, 0) is 25.1 Å². The van der Waals surface area contributed by atoms with E-state index in [0.717, 1.165) is 11.0 Å². The number of likely N-dealkylation sites (N-methyl/N-ethyl adjacent to an activating group) is 1. The third kappa shape index (κ3) is 3.42. The van der Waals surface area contributed by atoms with Gasteiger partial charge in [-0.25, -0.2) is 4.39 Å². The van der Waals surface area contributed by atoms with Gasteiger partial charge in [0.1, 0.15) is 12.4 Å². The smallest absolute Gasteiger partial charge is 0.323 e. The molecular weight excluding hydrogens is 249 g/mol. The van der Waals surface area contributed by atoms with Crippen molar-refractivity contribution >= 4 is 23.5 Å². The Kier molecular flexibility index (Phi) is 4.45. The third-order valence-corrected chi connectivity index (χ3v) is 2.47. The third-order valence-electron chi connectivity index (χ3n) is 2.16. The Morgan fingerprint density at radius 2 is 2.12 bits per heavy atom. The lowest BCUT2D eigenvalue weighted by molar-refractivity contribution is -0.137. The van der Waals surface area contributed by atoms with Gasteiger partial charge in [-0.1, -0.05) is 11.6 Å². The summed E-state index contributed by atoms with van der Waals surface area (Å²) in [5, 5.41) is 8.54. The van der Waals surface area contributed by atoms with Crippen molar-refractivity contribution in [2.75, 3.05) is 13.1 Å². The second-order valence-electron chi connectivity index (χ2n) is 3.34. The van der Waals surface area contributed by atoms with Crippen LogP contribution >= 0.6 is 11.6 Å². The van der Waals surface area contributed by atoms with Crippen LogP contribution < -0.4 is 0 Å². The molecule has 1 aromatic carbocycles. The number of nitrogens with zero attached hydrogens (tertiary/aromatic N) is 1. The number of carboxylic acid groups (broad SMARTS) is 1. The van der Waals surface area contributed by atoms with Gasteiger partial charge in [0.05, 0.1) is 5.02 Å². The number of carbonyl (C=O) groups is 2. The maximum absolute atomic E-state index is 13.2. The average molecular weight is 260 g/mol. The predicted octanol–water partition coefficient (Wildman–Crippen LogP) is 2.03. The molecule has 1 amide bonds. The Bertz CT molecular complexity index is 450. The van der Waals surface area contributed by atoms with Crippen LogP contribution in [0.3, 0.4) is 0 Å². The van der Waals surface area contributed by atoms with E-state index in [4.69, 9.17) is 16.7 Å². The zero-order valence-corrected chi connectivity index (χ0v) is 9.87. The van der Waals surface area contributed by atoms with Crippen molar-refractivity contribution in [3.63, 3.8) is 0 Å². The highest BCUT2D eigenvalue weighted by atomic mass is 35.5. The zero-order valence-electron chi connectivity index (χ0n) is 9.11. The van der Waals surface area contributed by atoms with Gasteiger partial charge in [0.25, 0.3) is 5.91 Å². The first-order valence-corrected chi connectivity index (χ1v) is 5.29. The van der Waals surface area contributed by atoms with Crippen LogP contribution in [0, 0.1) is 5.82 Å². The van der Waals surface area contributed by atoms with Gasteiger partial charge in [-0.15, -0.1) is 0 Å². The molecule has 92 valence electrons. The highest BCUT2D eigenvalue weighted by molar-refractivity contribution is 6.30. The van der Waals surface area contributed by atoms with Gasteiger partial charge < -0.3 is 10.0 Å². The van der Waals surface area contributed by atoms with Crippen LogP contribution in [-0.2, 0) is 4.79 Å². The predicted molar refractivity (Wildman–Crippen MR) is 60.6 cm³/mol. The fourth-order valence-electron chi connectivity index (χ4n) is 1.30. The summed E-state index contributed by atoms with van der Waals surface area (Å²) in [5.41, 5.74) is 0.0787. The molecular formula is C11H11ClFNO3. The summed E-state index contributed by atoms with van der Waals surface area (Å²) in [6.07, 6.45) is 0. The molecule has 0 aromatic heterocycles. The first kappa shape index (κ1) is 13.4. The Morgan fingerprint density at radius 1 is 1.47 bits per heavy atom. The summed E-state index contributed by atoms with van der Waals surface area (Å²) < 4.78 is 13.2. The molecule has 0 saturated carbocycles. The highest BCUT2D eigenvalue weighted by Crippen LogP contribution is 2.16. The molecule has 0 aliphatic carbocycles. The number of hydrogen-bond donors (Lipinski definition) is 1. The zero-order chi connectivity index (χ0) is 13.0. The van der Waals surface area contributed by atoms with Gasteiger partial charge in [-0.2, -0.15) is 0 Å². The van der Waals surface area contributed by atoms with E-state index in [1.165, 1.54) is 12.1 Å². The van der Waals surface area contributed by atoms with Crippen molar-refractivity contribution in [1.82, 2.24) is 4.90 Å². The molecule has 0 atom stereocenters. The van der Waals surface area contributed by atoms with Crippen molar-refractivity contribution in [2.45, 2.75) is 6.92 Å². The van der Waals surface area contributed by atoms with E-state index in [1.807, 2.05) is 0 Å². The van der Waals surface area contributed by atoms with Crippen LogP contribution in [0.15, 0.2) is 18.2 Å². The van der Waals surface area contributed by atoms with Gasteiger partial charge in [0, 0.05) is 12.1 Å². The maximum Gasteiger partial charge on any atom is 0.323 e. The molecule has 0 radical (unpaired) electrons. The number of benzene rings is 1. The van der Waals surface area contributed by atoms with E-state index in [-0.39, 0.29) is 17.1 Å². The molecule has 1 N–H and O–H groups in total. The van der Waals surface area contributed by atoms with Crippen molar-refractivity contribution in [3.8, 4) is 0 Å². The Hall–Kier alpha value is -1.62. The van der Waals surface area contributed by atoms with E-state index in [0.29, 0.717) is 0 Å². The van der Waals surface area contributed by atoms with Crippen molar-refractivity contribution < 1.29 is 19.1 Å². The average Bonchev–Trinajstić information content (AvgIpc) is 2.28. The number of carboxylic acids is 1. The number of rotatable bonds is 4. The van der Waals surface area contributed by atoms with Gasteiger partial charge in [-0.3, -0.25) is 9.59 Å². The van der Waals surface area contributed by atoms with Crippen molar-refractivity contribution in [2.24, 2.45) is 0 Å². The lowest BCUT2D eigenvalue weighted by Gasteiger charge is -2.18. The van der Waals surface area contributed by atoms with E-state index in [9.17, 15) is 14.0 Å². The minimum atomic E-state index is -1.12. The largest absolute Gasteiger partial charge is 0.480 e. The second-order valence-corrected chi connectivity index (χ2v) is 3.75. The van der Waals surface area contributed by atoms with Gasteiger partial charge >= 0.3 is 5.97 Å². The molecule has 1 rings (SSSR count). The molecule has 6 heteroatoms. The first-order chi connectivity index (χ1) is 7.95. The molecule has 0 fully saturated rings. The fourth-order valence-corrected chi connectivity index (χ4v) is 1.42. The maximum atomic E-state index is 13.2. The Morgan fingerprint density at radius 3 is 2.59 bits per heavy atom. The SMILES string of the molecule is CCN(CC(=O)O)C(=O)c1ccc(Cl)c(F)c1. The standard InChI is InChI=1S/C11H11ClFNO3/c1-2-14(6-10(15)16)11(17)7-3-4-8(12)9(13)5-7/h3-5H,2,6H2,1H3,(H,15,16). The van der Waals surface area contributed by atoms with Crippen molar-refractivity contribution in [1.29, 1.82) is 0 Å². The fraction of sp³-hybridized carbons (Fsp3) is 0.273. The Balaban J connectivity index is 2.93. The molecule has 0 heterocycles. The van der Waals surface area contributed by atoms with Crippen LogP contribution in [0.5, 0.6) is 0 Å². The normalized spacial score (nSPS) is 10.1. The summed E-state index contributed by atoms with van der Waals surface area (Å²) in [4.78, 5) is 23.5. The van der Waals surface area contributed by atoms with Crippen LogP contribution in [0.1, 0.15) is 17.3 Å². The summed E-state index contributed by atoms with van der Waals surface area (Å²) >= 11 is 5.49. The molecule has 4 nitrogen and oxygen atoms in total. The minimum Gasteiger partial charge on any atom is -0.480 e. The number of aliphatic carboxylic acids is 1. The Labute approximate surface area is 103 Å². The topological polar surface area (TPSA) is 57.6 Å². The summed E-state index contributed by atoms with van der Waals surface area (Å²) in [6, 6.07) is 3.62. The van der Waals surface area contributed by atoms with Gasteiger partial charge in [0.2, 0.25) is 0 Å². The second kappa shape index (κ2) is 5.63. The molecule has 0 bridgehead atoms. The highest BCUT2D eigenvalue weighted by Gasteiger charge is 2.17. The van der Waals surface area contributed by atoms with Crippen LogP contribution in [0.2, 0.25) is 5.02 Å². The van der Waals surface area contributed by atoms with Crippen LogP contribution in [0.25, 0.3) is 0 Å². The van der Waals surface area contributed by atoms with Crippen molar-refractivity contribution in [3.05, 3.63) is 34.6 Å². The summed E-state index contributed by atoms with van der Waals surface area (Å²) in [5.74, 6) is -2.36. The quantitative estimate of drug-likeness (QED) is 0.900. The van der Waals surface area contributed by atoms with E-state index in [1.54, 1.807) is 6.92 Å². The lowest BCUT2D eigenvalue weighted by atomic mass is 10.2. The minimum absolute atomic E-state index is 0.0787. The number of amides is 1. The molecule has 17 heavy (non-hydrogen) atoms. The van der Waals surface area contributed by atoms with E-state index >= 15 is 0 Å². The monoisotopic (exact) mass is 259 g/mol.